The Kier molecular flexibility index (Phi) is 4.73. The fraction of sp³-hybridized carbons (Fsp3) is 0.400. The van der Waals surface area contributed by atoms with Crippen molar-refractivity contribution in [3.05, 3.63) is 48.6 Å². The SMILES string of the molecule is C=CCS(=O)(=O)N1CCC(C(=O)c2ccccc2)CC1. The molecular formula is C15H19NO3S. The van der Waals surface area contributed by atoms with E-state index in [1.165, 1.54) is 10.4 Å². The van der Waals surface area contributed by atoms with Crippen molar-refractivity contribution in [2.45, 2.75) is 12.8 Å². The highest BCUT2D eigenvalue weighted by Gasteiger charge is 2.30. The fourth-order valence-corrected chi connectivity index (χ4v) is 3.76. The van der Waals surface area contributed by atoms with Gasteiger partial charge in [-0.2, -0.15) is 0 Å². The van der Waals surface area contributed by atoms with Crippen LogP contribution in [-0.2, 0) is 10.0 Å². The van der Waals surface area contributed by atoms with E-state index in [1.54, 1.807) is 0 Å². The van der Waals surface area contributed by atoms with Crippen LogP contribution >= 0.6 is 0 Å². The van der Waals surface area contributed by atoms with Gasteiger partial charge in [0, 0.05) is 24.6 Å². The third-order valence-electron chi connectivity index (χ3n) is 3.60. The van der Waals surface area contributed by atoms with Crippen LogP contribution in [0.5, 0.6) is 0 Å². The monoisotopic (exact) mass is 293 g/mol. The fourth-order valence-electron chi connectivity index (χ4n) is 2.49. The Morgan fingerprint density at radius 1 is 1.25 bits per heavy atom. The molecule has 1 fully saturated rings. The Morgan fingerprint density at radius 2 is 1.85 bits per heavy atom. The highest BCUT2D eigenvalue weighted by molar-refractivity contribution is 7.89. The predicted octanol–water partition coefficient (Wildman–Crippen LogP) is 2.10. The van der Waals surface area contributed by atoms with Crippen molar-refractivity contribution >= 4 is 15.8 Å². The molecular weight excluding hydrogens is 274 g/mol. The molecule has 2 rings (SSSR count). The van der Waals surface area contributed by atoms with Gasteiger partial charge in [-0.05, 0) is 12.8 Å². The lowest BCUT2D eigenvalue weighted by Crippen LogP contribution is -2.41. The van der Waals surface area contributed by atoms with Gasteiger partial charge in [0.15, 0.2) is 5.78 Å². The van der Waals surface area contributed by atoms with Gasteiger partial charge in [0.2, 0.25) is 10.0 Å². The van der Waals surface area contributed by atoms with Crippen molar-refractivity contribution in [3.8, 4) is 0 Å². The zero-order valence-electron chi connectivity index (χ0n) is 11.4. The number of sulfonamides is 1. The number of rotatable bonds is 5. The van der Waals surface area contributed by atoms with Gasteiger partial charge < -0.3 is 0 Å². The van der Waals surface area contributed by atoms with E-state index in [1.807, 2.05) is 30.3 Å². The van der Waals surface area contributed by atoms with Crippen LogP contribution in [-0.4, -0.2) is 37.3 Å². The molecule has 1 saturated heterocycles. The summed E-state index contributed by atoms with van der Waals surface area (Å²) in [5.41, 5.74) is 0.708. The van der Waals surface area contributed by atoms with E-state index in [4.69, 9.17) is 0 Å². The van der Waals surface area contributed by atoms with Crippen molar-refractivity contribution in [2.24, 2.45) is 5.92 Å². The molecule has 0 bridgehead atoms. The largest absolute Gasteiger partial charge is 0.294 e. The van der Waals surface area contributed by atoms with Gasteiger partial charge in [-0.1, -0.05) is 36.4 Å². The number of piperidine rings is 1. The number of Topliss-reactive ketones (excluding diaryl/α,β-unsaturated/α-hetero) is 1. The molecule has 20 heavy (non-hydrogen) atoms. The molecule has 1 aromatic rings. The van der Waals surface area contributed by atoms with Gasteiger partial charge in [0.25, 0.3) is 0 Å². The minimum absolute atomic E-state index is 0.0374. The molecule has 0 N–H and O–H groups in total. The van der Waals surface area contributed by atoms with Crippen LogP contribution in [0.25, 0.3) is 0 Å². The Labute approximate surface area is 120 Å². The first-order chi connectivity index (χ1) is 9.54. The van der Waals surface area contributed by atoms with Gasteiger partial charge in [-0.3, -0.25) is 4.79 Å². The Bertz CT molecular complexity index is 572. The molecule has 0 aliphatic carbocycles. The number of hydrogen-bond donors (Lipinski definition) is 0. The molecule has 5 heteroatoms. The number of hydrogen-bond acceptors (Lipinski definition) is 3. The second-order valence-electron chi connectivity index (χ2n) is 4.97. The summed E-state index contributed by atoms with van der Waals surface area (Å²) in [4.78, 5) is 12.3. The summed E-state index contributed by atoms with van der Waals surface area (Å²) in [6.07, 6.45) is 2.57. The minimum atomic E-state index is -3.24. The van der Waals surface area contributed by atoms with Crippen molar-refractivity contribution < 1.29 is 13.2 Å². The summed E-state index contributed by atoms with van der Waals surface area (Å²) >= 11 is 0. The smallest absolute Gasteiger partial charge is 0.217 e. The third-order valence-corrected chi connectivity index (χ3v) is 5.41. The molecule has 0 unspecified atom stereocenters. The number of nitrogens with zero attached hydrogens (tertiary/aromatic N) is 1. The normalized spacial score (nSPS) is 17.8. The maximum Gasteiger partial charge on any atom is 0.217 e. The van der Waals surface area contributed by atoms with Crippen molar-refractivity contribution in [2.75, 3.05) is 18.8 Å². The molecule has 1 aromatic carbocycles. The Hall–Kier alpha value is -1.46. The lowest BCUT2D eigenvalue weighted by atomic mass is 9.90. The quantitative estimate of drug-likeness (QED) is 0.617. The summed E-state index contributed by atoms with van der Waals surface area (Å²) in [6.45, 7) is 4.30. The van der Waals surface area contributed by atoms with Crippen molar-refractivity contribution in [1.29, 1.82) is 0 Å². The van der Waals surface area contributed by atoms with Gasteiger partial charge >= 0.3 is 0 Å². The summed E-state index contributed by atoms with van der Waals surface area (Å²) < 4.78 is 25.3. The van der Waals surface area contributed by atoms with Gasteiger partial charge in [-0.15, -0.1) is 6.58 Å². The van der Waals surface area contributed by atoms with Crippen LogP contribution in [0.1, 0.15) is 23.2 Å². The first-order valence-corrected chi connectivity index (χ1v) is 8.33. The molecule has 0 spiro atoms. The maximum atomic E-state index is 12.3. The molecule has 1 heterocycles. The third kappa shape index (κ3) is 3.35. The Morgan fingerprint density at radius 3 is 2.40 bits per heavy atom. The van der Waals surface area contributed by atoms with E-state index in [2.05, 4.69) is 6.58 Å². The number of ketones is 1. The van der Waals surface area contributed by atoms with Gasteiger partial charge in [0.05, 0.1) is 5.75 Å². The van der Waals surface area contributed by atoms with Gasteiger partial charge in [-0.25, -0.2) is 12.7 Å². The Balaban J connectivity index is 1.98. The molecule has 0 radical (unpaired) electrons. The topological polar surface area (TPSA) is 54.5 Å². The lowest BCUT2D eigenvalue weighted by Gasteiger charge is -2.30. The number of carbonyl (C=O) groups excluding carboxylic acids is 1. The second-order valence-corrected chi connectivity index (χ2v) is 6.98. The van der Waals surface area contributed by atoms with E-state index in [0.29, 0.717) is 31.5 Å². The summed E-state index contributed by atoms with van der Waals surface area (Å²) in [6, 6.07) is 9.18. The maximum absolute atomic E-state index is 12.3. The zero-order valence-corrected chi connectivity index (χ0v) is 12.2. The minimum Gasteiger partial charge on any atom is -0.294 e. The molecule has 0 atom stereocenters. The van der Waals surface area contributed by atoms with E-state index < -0.39 is 10.0 Å². The van der Waals surface area contributed by atoms with Crippen LogP contribution in [0.2, 0.25) is 0 Å². The molecule has 0 saturated carbocycles. The average molecular weight is 293 g/mol. The van der Waals surface area contributed by atoms with Crippen LogP contribution in [0, 0.1) is 5.92 Å². The molecule has 0 amide bonds. The number of benzene rings is 1. The van der Waals surface area contributed by atoms with Crippen LogP contribution < -0.4 is 0 Å². The molecule has 108 valence electrons. The van der Waals surface area contributed by atoms with Crippen molar-refractivity contribution in [3.63, 3.8) is 0 Å². The molecule has 0 aromatic heterocycles. The van der Waals surface area contributed by atoms with Gasteiger partial charge in [0.1, 0.15) is 0 Å². The first kappa shape index (κ1) is 14.9. The first-order valence-electron chi connectivity index (χ1n) is 6.72. The standard InChI is InChI=1S/C15H19NO3S/c1-2-12-20(18,19)16-10-8-14(9-11-16)15(17)13-6-4-3-5-7-13/h2-7,14H,1,8-12H2. The van der Waals surface area contributed by atoms with Crippen LogP contribution in [0.4, 0.5) is 0 Å². The number of carbonyl (C=O) groups is 1. The molecule has 4 nitrogen and oxygen atoms in total. The predicted molar refractivity (Wildman–Crippen MR) is 79.1 cm³/mol. The van der Waals surface area contributed by atoms with E-state index in [9.17, 15) is 13.2 Å². The molecule has 1 aliphatic heterocycles. The van der Waals surface area contributed by atoms with Crippen LogP contribution in [0.15, 0.2) is 43.0 Å². The molecule has 1 aliphatic rings. The van der Waals surface area contributed by atoms with E-state index >= 15 is 0 Å². The highest BCUT2D eigenvalue weighted by Crippen LogP contribution is 2.23. The summed E-state index contributed by atoms with van der Waals surface area (Å²) in [5.74, 6) is 0.00329. The average Bonchev–Trinajstić information content (AvgIpc) is 2.47. The van der Waals surface area contributed by atoms with Crippen molar-refractivity contribution in [1.82, 2.24) is 4.31 Å². The zero-order chi connectivity index (χ0) is 14.6. The van der Waals surface area contributed by atoms with Crippen LogP contribution in [0.3, 0.4) is 0 Å². The second kappa shape index (κ2) is 6.33. The summed E-state index contributed by atoms with van der Waals surface area (Å²) in [5, 5.41) is 0. The summed E-state index contributed by atoms with van der Waals surface area (Å²) in [7, 11) is -3.24. The van der Waals surface area contributed by atoms with E-state index in [0.717, 1.165) is 0 Å². The highest BCUT2D eigenvalue weighted by atomic mass is 32.2. The lowest BCUT2D eigenvalue weighted by molar-refractivity contribution is 0.0875. The van der Waals surface area contributed by atoms with E-state index in [-0.39, 0.29) is 17.5 Å².